The predicted octanol–water partition coefficient (Wildman–Crippen LogP) is 4.45. The highest BCUT2D eigenvalue weighted by Crippen LogP contribution is 2.14. The molecule has 2 heteroatoms. The molecule has 0 saturated heterocycles. The van der Waals surface area contributed by atoms with Crippen molar-refractivity contribution in [1.82, 2.24) is 0 Å². The summed E-state index contributed by atoms with van der Waals surface area (Å²) in [6.07, 6.45) is 4.74. The van der Waals surface area contributed by atoms with Crippen molar-refractivity contribution in [3.63, 3.8) is 0 Å². The first-order valence-electron chi connectivity index (χ1n) is 5.86. The fourth-order valence-electron chi connectivity index (χ4n) is 0.980. The highest BCUT2D eigenvalue weighted by Gasteiger charge is 2.04. The summed E-state index contributed by atoms with van der Waals surface area (Å²) in [4.78, 5) is 0. The highest BCUT2D eigenvalue weighted by molar-refractivity contribution is 5.27. The van der Waals surface area contributed by atoms with E-state index >= 15 is 0 Å². The highest BCUT2D eigenvalue weighted by atomic mass is 16.5. The van der Waals surface area contributed by atoms with E-state index in [-0.39, 0.29) is 0 Å². The van der Waals surface area contributed by atoms with Gasteiger partial charge in [0.05, 0.1) is 13.7 Å². The van der Waals surface area contributed by atoms with Gasteiger partial charge in [-0.25, -0.2) is 0 Å². The van der Waals surface area contributed by atoms with Gasteiger partial charge < -0.3 is 9.47 Å². The molecule has 2 nitrogen and oxygen atoms in total. The summed E-state index contributed by atoms with van der Waals surface area (Å²) in [6.45, 7) is 14.4. The van der Waals surface area contributed by atoms with Crippen LogP contribution < -0.4 is 0 Å². The van der Waals surface area contributed by atoms with Crippen molar-refractivity contribution < 1.29 is 9.47 Å². The van der Waals surface area contributed by atoms with Crippen LogP contribution in [0.1, 0.15) is 41.0 Å². The zero-order chi connectivity index (χ0) is 13.0. The maximum Gasteiger partial charge on any atom is 0.161 e. The normalized spacial score (nSPS) is 11.4. The van der Waals surface area contributed by atoms with Gasteiger partial charge >= 0.3 is 0 Å². The van der Waals surface area contributed by atoms with Crippen LogP contribution in [-0.4, -0.2) is 13.7 Å². The second kappa shape index (κ2) is 11.9. The number of allylic oxidation sites excluding steroid dienone is 3. The van der Waals surface area contributed by atoms with Crippen molar-refractivity contribution in [2.45, 2.75) is 41.0 Å². The number of hydrogen-bond donors (Lipinski definition) is 0. The van der Waals surface area contributed by atoms with Crippen LogP contribution in [0.5, 0.6) is 0 Å². The summed E-state index contributed by atoms with van der Waals surface area (Å²) < 4.78 is 10.7. The molecule has 0 N–H and O–H groups in total. The van der Waals surface area contributed by atoms with E-state index in [4.69, 9.17) is 9.47 Å². The maximum absolute atomic E-state index is 5.55. The molecule has 0 rings (SSSR count). The van der Waals surface area contributed by atoms with Crippen LogP contribution in [0.15, 0.2) is 35.8 Å². The number of rotatable bonds is 6. The summed E-state index contributed by atoms with van der Waals surface area (Å²) in [6, 6.07) is 0. The van der Waals surface area contributed by atoms with Crippen LogP contribution in [0, 0.1) is 0 Å². The van der Waals surface area contributed by atoms with Crippen molar-refractivity contribution >= 4 is 0 Å². The molecule has 0 fully saturated rings. The summed E-state index contributed by atoms with van der Waals surface area (Å²) >= 11 is 0. The van der Waals surface area contributed by atoms with Crippen molar-refractivity contribution in [3.05, 3.63) is 35.8 Å². The van der Waals surface area contributed by atoms with E-state index in [0.29, 0.717) is 6.61 Å². The molecule has 0 spiro atoms. The van der Waals surface area contributed by atoms with Crippen LogP contribution in [-0.2, 0) is 9.47 Å². The zero-order valence-electron chi connectivity index (χ0n) is 11.6. The second-order valence-electron chi connectivity index (χ2n) is 3.06. The lowest BCUT2D eigenvalue weighted by Crippen LogP contribution is -1.99. The molecule has 0 aliphatic rings. The Labute approximate surface area is 101 Å². The van der Waals surface area contributed by atoms with E-state index in [1.807, 2.05) is 39.8 Å². The molecular weight excluding hydrogens is 200 g/mol. The van der Waals surface area contributed by atoms with Gasteiger partial charge in [-0.1, -0.05) is 32.9 Å². The molecule has 94 valence electrons. The van der Waals surface area contributed by atoms with Crippen LogP contribution in [0.3, 0.4) is 0 Å². The Hall–Kier alpha value is -1.18. The third-order valence-corrected chi connectivity index (χ3v) is 1.56. The Kier molecular flexibility index (Phi) is 12.8. The van der Waals surface area contributed by atoms with E-state index in [2.05, 4.69) is 13.5 Å². The quantitative estimate of drug-likeness (QED) is 0.492. The lowest BCUT2D eigenvalue weighted by Gasteiger charge is -2.12. The molecule has 0 atom stereocenters. The summed E-state index contributed by atoms with van der Waals surface area (Å²) in [5, 5.41) is 0. The summed E-state index contributed by atoms with van der Waals surface area (Å²) in [5.74, 6) is 1.51. The first-order valence-corrected chi connectivity index (χ1v) is 5.86. The van der Waals surface area contributed by atoms with Gasteiger partial charge in [-0.2, -0.15) is 0 Å². The lowest BCUT2D eigenvalue weighted by molar-refractivity contribution is 0.176. The molecule has 0 aliphatic heterocycles. The molecule has 0 aromatic carbocycles. The fourth-order valence-corrected chi connectivity index (χ4v) is 0.980. The van der Waals surface area contributed by atoms with Gasteiger partial charge in [0.2, 0.25) is 0 Å². The second-order valence-corrected chi connectivity index (χ2v) is 3.06. The lowest BCUT2D eigenvalue weighted by atomic mass is 10.2. The Balaban J connectivity index is 0. The Morgan fingerprint density at radius 3 is 2.12 bits per heavy atom. The number of methoxy groups -OCH3 is 1. The van der Waals surface area contributed by atoms with Gasteiger partial charge in [0.1, 0.15) is 0 Å². The monoisotopic (exact) mass is 226 g/mol. The van der Waals surface area contributed by atoms with Gasteiger partial charge in [-0.05, 0) is 32.4 Å². The molecule has 0 unspecified atom stereocenters. The Morgan fingerprint density at radius 1 is 1.25 bits per heavy atom. The summed E-state index contributed by atoms with van der Waals surface area (Å²) in [7, 11) is 1.64. The predicted molar refractivity (Wildman–Crippen MR) is 71.3 cm³/mol. The average Bonchev–Trinajstić information content (AvgIpc) is 2.29. The van der Waals surface area contributed by atoms with Gasteiger partial charge in [0, 0.05) is 0 Å². The molecule has 0 heterocycles. The Bertz CT molecular complexity index is 237. The maximum atomic E-state index is 5.55. The van der Waals surface area contributed by atoms with Crippen LogP contribution in [0.4, 0.5) is 0 Å². The minimum atomic E-state index is 0.694. The number of hydrogen-bond acceptors (Lipinski definition) is 2. The standard InChI is InChI=1S/C12H20O2.C2H6/c1-6-8-14-12(9-10(3)4)11(7-2)13-5;1-2/h7,9H,3,6,8H2,1-2,4-5H3;1-2H3/b11-7+,12-9+;. The molecule has 0 bridgehead atoms. The first kappa shape index (κ1) is 17.2. The third kappa shape index (κ3) is 8.16. The van der Waals surface area contributed by atoms with E-state index in [1.54, 1.807) is 7.11 Å². The molecule has 16 heavy (non-hydrogen) atoms. The molecule has 0 radical (unpaired) electrons. The minimum absolute atomic E-state index is 0.694. The molecule has 0 saturated carbocycles. The van der Waals surface area contributed by atoms with E-state index < -0.39 is 0 Å². The van der Waals surface area contributed by atoms with E-state index in [9.17, 15) is 0 Å². The molecule has 0 amide bonds. The summed E-state index contributed by atoms with van der Waals surface area (Å²) in [5.41, 5.74) is 0.951. The largest absolute Gasteiger partial charge is 0.493 e. The Morgan fingerprint density at radius 2 is 1.81 bits per heavy atom. The average molecular weight is 226 g/mol. The smallest absolute Gasteiger partial charge is 0.161 e. The van der Waals surface area contributed by atoms with Crippen LogP contribution in [0.2, 0.25) is 0 Å². The number of ether oxygens (including phenoxy) is 2. The molecular formula is C14H26O2. The van der Waals surface area contributed by atoms with Crippen molar-refractivity contribution in [1.29, 1.82) is 0 Å². The van der Waals surface area contributed by atoms with Crippen LogP contribution in [0.25, 0.3) is 0 Å². The third-order valence-electron chi connectivity index (χ3n) is 1.56. The van der Waals surface area contributed by atoms with Gasteiger partial charge in [-0.15, -0.1) is 0 Å². The van der Waals surface area contributed by atoms with Crippen molar-refractivity contribution in [2.24, 2.45) is 0 Å². The fraction of sp³-hybridized carbons (Fsp3) is 0.571. The zero-order valence-corrected chi connectivity index (χ0v) is 11.6. The van der Waals surface area contributed by atoms with Gasteiger partial charge in [-0.3, -0.25) is 0 Å². The molecule has 0 aromatic heterocycles. The molecule has 0 aromatic rings. The van der Waals surface area contributed by atoms with Gasteiger partial charge in [0.15, 0.2) is 11.5 Å². The minimum Gasteiger partial charge on any atom is -0.493 e. The van der Waals surface area contributed by atoms with Crippen molar-refractivity contribution in [3.8, 4) is 0 Å². The van der Waals surface area contributed by atoms with E-state index in [1.165, 1.54) is 0 Å². The van der Waals surface area contributed by atoms with E-state index in [0.717, 1.165) is 23.5 Å². The topological polar surface area (TPSA) is 18.5 Å². The first-order chi connectivity index (χ1) is 7.65. The van der Waals surface area contributed by atoms with Gasteiger partial charge in [0.25, 0.3) is 0 Å². The molecule has 0 aliphatic carbocycles. The SMILES string of the molecule is C=C(C)/C=C(OCCC)\C(=C/C)OC.CC. The van der Waals surface area contributed by atoms with Crippen LogP contribution >= 0.6 is 0 Å². The van der Waals surface area contributed by atoms with Crippen molar-refractivity contribution in [2.75, 3.05) is 13.7 Å².